The molecule has 7 heteroatoms. The summed E-state index contributed by atoms with van der Waals surface area (Å²) in [7, 11) is 0. The van der Waals surface area contributed by atoms with Crippen LogP contribution < -0.4 is 4.74 Å². The molecule has 0 aliphatic carbocycles. The Morgan fingerprint density at radius 1 is 1.47 bits per heavy atom. The highest BCUT2D eigenvalue weighted by Gasteiger charge is 2.15. The molecule has 19 heavy (non-hydrogen) atoms. The highest BCUT2D eigenvalue weighted by molar-refractivity contribution is 6.34. The third kappa shape index (κ3) is 4.48. The first-order valence-electron chi connectivity index (χ1n) is 5.36. The Morgan fingerprint density at radius 3 is 2.68 bits per heavy atom. The largest absolute Gasteiger partial charge is 0.466 e. The Balaban J connectivity index is 3.06. The summed E-state index contributed by atoms with van der Waals surface area (Å²) in [5, 5.41) is 0.0182. The molecular weight excluding hydrogens is 282 g/mol. The number of alkyl halides is 2. The van der Waals surface area contributed by atoms with Gasteiger partial charge in [-0.2, -0.15) is 8.78 Å². The molecule has 1 aromatic rings. The molecule has 0 spiro atoms. The van der Waals surface area contributed by atoms with Crippen LogP contribution in [0.25, 0.3) is 0 Å². The first kappa shape index (κ1) is 15.4. The van der Waals surface area contributed by atoms with Gasteiger partial charge in [0.05, 0.1) is 18.1 Å². The zero-order valence-corrected chi connectivity index (χ0v) is 10.7. The average molecular weight is 293 g/mol. The molecule has 0 saturated carbocycles. The first-order valence-corrected chi connectivity index (χ1v) is 5.73. The minimum absolute atomic E-state index is 0.0182. The van der Waals surface area contributed by atoms with Crippen molar-refractivity contribution < 1.29 is 27.8 Å². The van der Waals surface area contributed by atoms with Crippen molar-refractivity contribution in [3.8, 4) is 5.75 Å². The van der Waals surface area contributed by atoms with Gasteiger partial charge in [0.25, 0.3) is 0 Å². The fraction of sp³-hybridized carbons (Fsp3) is 0.333. The first-order chi connectivity index (χ1) is 8.97. The number of rotatable bonds is 6. The molecule has 0 aromatic heterocycles. The van der Waals surface area contributed by atoms with Gasteiger partial charge in [0, 0.05) is 5.56 Å². The molecule has 0 aliphatic rings. The minimum atomic E-state index is -3.03. The second-order valence-corrected chi connectivity index (χ2v) is 3.84. The van der Waals surface area contributed by atoms with E-state index in [1.165, 1.54) is 6.07 Å². The smallest absolute Gasteiger partial charge is 0.387 e. The van der Waals surface area contributed by atoms with E-state index in [0.717, 1.165) is 6.07 Å². The number of carbonyl (C=O) groups excluding carboxylic acids is 2. The third-order valence-electron chi connectivity index (χ3n) is 2.14. The molecule has 1 rings (SSSR count). The Hall–Kier alpha value is -1.69. The van der Waals surface area contributed by atoms with Crippen LogP contribution in [0.3, 0.4) is 0 Å². The van der Waals surface area contributed by atoms with Gasteiger partial charge in [-0.25, -0.2) is 0 Å². The Kier molecular flexibility index (Phi) is 5.69. The van der Waals surface area contributed by atoms with Crippen molar-refractivity contribution in [3.63, 3.8) is 0 Å². The molecule has 0 unspecified atom stereocenters. The standard InChI is InChI=1S/C12H11ClF2O4/c1-2-18-10(17)5-7-3-9(19-12(14)15)4-8(6-16)11(7)13/h3-4,6,12H,2,5H2,1H3. The van der Waals surface area contributed by atoms with Crippen LogP contribution in [0.4, 0.5) is 8.78 Å². The summed E-state index contributed by atoms with van der Waals surface area (Å²) in [5.41, 5.74) is 0.166. The lowest BCUT2D eigenvalue weighted by Gasteiger charge is -2.10. The summed E-state index contributed by atoms with van der Waals surface area (Å²) >= 11 is 5.88. The van der Waals surface area contributed by atoms with Gasteiger partial charge >= 0.3 is 12.6 Å². The van der Waals surface area contributed by atoms with Crippen molar-refractivity contribution in [1.82, 2.24) is 0 Å². The lowest BCUT2D eigenvalue weighted by Crippen LogP contribution is -2.09. The van der Waals surface area contributed by atoms with E-state index < -0.39 is 12.6 Å². The van der Waals surface area contributed by atoms with Crippen LogP contribution >= 0.6 is 11.6 Å². The molecular formula is C12H11ClF2O4. The fourth-order valence-corrected chi connectivity index (χ4v) is 1.65. The van der Waals surface area contributed by atoms with E-state index in [9.17, 15) is 18.4 Å². The molecule has 0 aliphatic heterocycles. The van der Waals surface area contributed by atoms with Gasteiger partial charge in [-0.3, -0.25) is 9.59 Å². The maximum atomic E-state index is 12.1. The average Bonchev–Trinajstić information content (AvgIpc) is 2.32. The second-order valence-electron chi connectivity index (χ2n) is 3.46. The number of benzene rings is 1. The quantitative estimate of drug-likeness (QED) is 0.597. The van der Waals surface area contributed by atoms with Crippen LogP contribution in [0.5, 0.6) is 5.75 Å². The molecule has 0 bridgehead atoms. The number of hydrogen-bond donors (Lipinski definition) is 0. The summed E-state index contributed by atoms with van der Waals surface area (Å²) in [6.45, 7) is -1.21. The Morgan fingerprint density at radius 2 is 2.16 bits per heavy atom. The number of esters is 1. The van der Waals surface area contributed by atoms with Gasteiger partial charge in [0.15, 0.2) is 6.29 Å². The van der Waals surface area contributed by atoms with Crippen LogP contribution in [0.2, 0.25) is 5.02 Å². The highest BCUT2D eigenvalue weighted by atomic mass is 35.5. The van der Waals surface area contributed by atoms with Crippen LogP contribution in [0.1, 0.15) is 22.8 Å². The van der Waals surface area contributed by atoms with Crippen molar-refractivity contribution in [1.29, 1.82) is 0 Å². The SMILES string of the molecule is CCOC(=O)Cc1cc(OC(F)F)cc(C=O)c1Cl. The topological polar surface area (TPSA) is 52.6 Å². The maximum Gasteiger partial charge on any atom is 0.387 e. The van der Waals surface area contributed by atoms with Crippen molar-refractivity contribution >= 4 is 23.9 Å². The van der Waals surface area contributed by atoms with Gasteiger partial charge < -0.3 is 9.47 Å². The molecule has 0 amide bonds. The van der Waals surface area contributed by atoms with E-state index in [4.69, 9.17) is 16.3 Å². The number of ether oxygens (including phenoxy) is 2. The zero-order chi connectivity index (χ0) is 14.4. The third-order valence-corrected chi connectivity index (χ3v) is 2.60. The summed E-state index contributed by atoms with van der Waals surface area (Å²) in [6.07, 6.45) is 0.170. The summed E-state index contributed by atoms with van der Waals surface area (Å²) in [5.74, 6) is -0.809. The molecule has 0 fully saturated rings. The van der Waals surface area contributed by atoms with Crippen LogP contribution in [0.15, 0.2) is 12.1 Å². The van der Waals surface area contributed by atoms with Crippen LogP contribution in [-0.2, 0) is 16.0 Å². The number of hydrogen-bond acceptors (Lipinski definition) is 4. The molecule has 0 N–H and O–H groups in total. The maximum absolute atomic E-state index is 12.1. The lowest BCUT2D eigenvalue weighted by molar-refractivity contribution is -0.142. The monoisotopic (exact) mass is 292 g/mol. The lowest BCUT2D eigenvalue weighted by atomic mass is 10.1. The van der Waals surface area contributed by atoms with Gasteiger partial charge in [0.2, 0.25) is 0 Å². The highest BCUT2D eigenvalue weighted by Crippen LogP contribution is 2.27. The van der Waals surface area contributed by atoms with Crippen molar-refractivity contribution in [2.45, 2.75) is 20.0 Å². The number of carbonyl (C=O) groups is 2. The normalized spacial score (nSPS) is 10.4. The van der Waals surface area contributed by atoms with Crippen molar-refractivity contribution in [3.05, 3.63) is 28.3 Å². The van der Waals surface area contributed by atoms with E-state index in [2.05, 4.69) is 4.74 Å². The Bertz CT molecular complexity index is 477. The van der Waals surface area contributed by atoms with Crippen molar-refractivity contribution in [2.24, 2.45) is 0 Å². The van der Waals surface area contributed by atoms with Crippen molar-refractivity contribution in [2.75, 3.05) is 6.61 Å². The molecule has 1 aromatic carbocycles. The summed E-state index contributed by atoms with van der Waals surface area (Å²) < 4.78 is 33.2. The van der Waals surface area contributed by atoms with E-state index >= 15 is 0 Å². The minimum Gasteiger partial charge on any atom is -0.466 e. The Labute approximate surface area is 113 Å². The summed E-state index contributed by atoms with van der Waals surface area (Å²) in [6, 6.07) is 2.26. The predicted molar refractivity (Wildman–Crippen MR) is 63.8 cm³/mol. The zero-order valence-electron chi connectivity index (χ0n) is 9.99. The van der Waals surface area contributed by atoms with E-state index in [-0.39, 0.29) is 34.9 Å². The summed E-state index contributed by atoms with van der Waals surface area (Å²) in [4.78, 5) is 22.1. The van der Waals surface area contributed by atoms with Gasteiger partial charge in [-0.1, -0.05) is 11.6 Å². The van der Waals surface area contributed by atoms with E-state index in [1.54, 1.807) is 6.92 Å². The van der Waals surface area contributed by atoms with Gasteiger partial charge in [-0.15, -0.1) is 0 Å². The van der Waals surface area contributed by atoms with Crippen LogP contribution in [0, 0.1) is 0 Å². The molecule has 0 atom stereocenters. The number of aldehydes is 1. The predicted octanol–water partition coefficient (Wildman–Crippen LogP) is 2.86. The second kappa shape index (κ2) is 7.04. The van der Waals surface area contributed by atoms with E-state index in [0.29, 0.717) is 6.29 Å². The molecule has 104 valence electrons. The van der Waals surface area contributed by atoms with Gasteiger partial charge in [0.1, 0.15) is 5.75 Å². The molecule has 4 nitrogen and oxygen atoms in total. The van der Waals surface area contributed by atoms with Crippen LogP contribution in [-0.4, -0.2) is 25.5 Å². The molecule has 0 heterocycles. The molecule has 0 saturated heterocycles. The molecule has 0 radical (unpaired) electrons. The fourth-order valence-electron chi connectivity index (χ4n) is 1.43. The van der Waals surface area contributed by atoms with Gasteiger partial charge in [-0.05, 0) is 24.6 Å². The number of halogens is 3. The van der Waals surface area contributed by atoms with E-state index in [1.807, 2.05) is 0 Å².